The van der Waals surface area contributed by atoms with Crippen LogP contribution in [0, 0.1) is 11.3 Å². The molecule has 0 spiro atoms. The lowest BCUT2D eigenvalue weighted by atomic mass is 10.3. The fourth-order valence-electron chi connectivity index (χ4n) is 0.514. The molecule has 0 amide bonds. The predicted molar refractivity (Wildman–Crippen MR) is 71.0 cm³/mol. The van der Waals surface area contributed by atoms with E-state index >= 15 is 0 Å². The second-order valence-electron chi connectivity index (χ2n) is 2.51. The van der Waals surface area contributed by atoms with Crippen LogP contribution in [0.5, 0.6) is 0 Å². The van der Waals surface area contributed by atoms with Crippen molar-refractivity contribution in [3.63, 3.8) is 0 Å². The Bertz CT molecular complexity index is 229. The van der Waals surface area contributed by atoms with E-state index in [1.54, 1.807) is 0 Å². The van der Waals surface area contributed by atoms with Gasteiger partial charge in [0.25, 0.3) is 0 Å². The number of hydrogen-bond donors (Lipinski definition) is 1. The zero-order chi connectivity index (χ0) is 13.2. The number of allylic oxidation sites excluding steroid dienone is 2. The SMILES string of the molecule is CC.CC(C)=CC#N.CO.c1ccccc1. The second kappa shape index (κ2) is 23.3. The van der Waals surface area contributed by atoms with Crippen LogP contribution in [0.15, 0.2) is 48.0 Å². The van der Waals surface area contributed by atoms with Crippen LogP contribution in [0.1, 0.15) is 27.7 Å². The van der Waals surface area contributed by atoms with Crippen molar-refractivity contribution in [1.29, 1.82) is 5.26 Å². The Morgan fingerprint density at radius 1 is 0.938 bits per heavy atom. The van der Waals surface area contributed by atoms with Gasteiger partial charge in [-0.1, -0.05) is 55.8 Å². The maximum absolute atomic E-state index is 7.91. The van der Waals surface area contributed by atoms with Crippen LogP contribution in [0.4, 0.5) is 0 Å². The smallest absolute Gasteiger partial charge is 0.0911 e. The number of benzene rings is 1. The third kappa shape index (κ3) is 29.4. The van der Waals surface area contributed by atoms with E-state index in [0.717, 1.165) is 12.7 Å². The van der Waals surface area contributed by atoms with Gasteiger partial charge >= 0.3 is 0 Å². The van der Waals surface area contributed by atoms with Gasteiger partial charge in [-0.3, -0.25) is 0 Å². The van der Waals surface area contributed by atoms with Crippen LogP contribution in [0.2, 0.25) is 0 Å². The molecule has 0 fully saturated rings. The summed E-state index contributed by atoms with van der Waals surface area (Å²) in [5, 5.41) is 14.9. The highest BCUT2D eigenvalue weighted by atomic mass is 16.2. The Kier molecular flexibility index (Phi) is 29.0. The first kappa shape index (κ1) is 19.9. The monoisotopic (exact) mass is 221 g/mol. The summed E-state index contributed by atoms with van der Waals surface area (Å²) in [6.07, 6.45) is 1.51. The topological polar surface area (TPSA) is 44.0 Å². The van der Waals surface area contributed by atoms with E-state index < -0.39 is 0 Å². The van der Waals surface area contributed by atoms with Crippen LogP contribution in [-0.4, -0.2) is 12.2 Å². The first-order chi connectivity index (χ1) is 7.77. The standard InChI is InChI=1S/C6H6.C5H7N.C2H6.CH4O/c1-2-4-6-5-3-1;1-5(2)3-4-6;2*1-2/h1-6H;3H,1-2H3;1-2H3;2H,1H3. The molecule has 0 aromatic heterocycles. The number of rotatable bonds is 0. The van der Waals surface area contributed by atoms with Crippen molar-refractivity contribution in [2.75, 3.05) is 7.11 Å². The Morgan fingerprint density at radius 3 is 1.25 bits per heavy atom. The summed E-state index contributed by atoms with van der Waals surface area (Å²) < 4.78 is 0. The Balaban J connectivity index is -0.000000162. The summed E-state index contributed by atoms with van der Waals surface area (Å²) in [5.74, 6) is 0. The minimum absolute atomic E-state index is 1.00. The number of aliphatic hydroxyl groups is 1. The minimum atomic E-state index is 1.00. The lowest BCUT2D eigenvalue weighted by Gasteiger charge is -1.71. The largest absolute Gasteiger partial charge is 0.400 e. The average Bonchev–Trinajstić information content (AvgIpc) is 2.37. The quantitative estimate of drug-likeness (QED) is 0.677. The van der Waals surface area contributed by atoms with Crippen molar-refractivity contribution < 1.29 is 5.11 Å². The number of nitrogens with zero attached hydrogens (tertiary/aromatic N) is 1. The predicted octanol–water partition coefficient (Wildman–Crippen LogP) is 3.80. The van der Waals surface area contributed by atoms with Crippen molar-refractivity contribution in [3.05, 3.63) is 48.0 Å². The van der Waals surface area contributed by atoms with Crippen LogP contribution >= 0.6 is 0 Å². The second-order valence-corrected chi connectivity index (χ2v) is 2.51. The lowest BCUT2D eigenvalue weighted by Crippen LogP contribution is -1.55. The zero-order valence-electron chi connectivity index (χ0n) is 10.9. The van der Waals surface area contributed by atoms with Gasteiger partial charge in [-0.25, -0.2) is 0 Å². The van der Waals surface area contributed by atoms with E-state index in [1.165, 1.54) is 6.08 Å². The molecule has 0 heterocycles. The third-order valence-electron chi connectivity index (χ3n) is 1.02. The van der Waals surface area contributed by atoms with Gasteiger partial charge in [-0.15, -0.1) is 0 Å². The molecule has 0 aliphatic heterocycles. The fraction of sp³-hybridized carbons (Fsp3) is 0.357. The van der Waals surface area contributed by atoms with Gasteiger partial charge < -0.3 is 5.11 Å². The molecule has 1 N–H and O–H groups in total. The Labute approximate surface area is 99.9 Å². The highest BCUT2D eigenvalue weighted by Gasteiger charge is 1.66. The van der Waals surface area contributed by atoms with Crippen molar-refractivity contribution in [1.82, 2.24) is 0 Å². The van der Waals surface area contributed by atoms with E-state index in [-0.39, 0.29) is 0 Å². The molecule has 0 bridgehead atoms. The lowest BCUT2D eigenvalue weighted by molar-refractivity contribution is 0.399. The maximum Gasteiger partial charge on any atom is 0.0911 e. The van der Waals surface area contributed by atoms with Crippen molar-refractivity contribution >= 4 is 0 Å². The van der Waals surface area contributed by atoms with Gasteiger partial charge in [-0.2, -0.15) is 5.26 Å². The molecule has 0 atom stereocenters. The molecule has 2 heteroatoms. The first-order valence-corrected chi connectivity index (χ1v) is 5.25. The fourth-order valence-corrected chi connectivity index (χ4v) is 0.514. The molecule has 0 unspecified atom stereocenters. The average molecular weight is 221 g/mol. The molecule has 0 aliphatic carbocycles. The molecule has 0 aliphatic rings. The summed E-state index contributed by atoms with van der Waals surface area (Å²) in [6.45, 7) is 7.78. The molecular formula is C14H23NO. The van der Waals surface area contributed by atoms with Crippen LogP contribution in [0.25, 0.3) is 0 Å². The summed E-state index contributed by atoms with van der Waals surface area (Å²) >= 11 is 0. The van der Waals surface area contributed by atoms with Crippen molar-refractivity contribution in [3.8, 4) is 6.07 Å². The van der Waals surface area contributed by atoms with Gasteiger partial charge in [0.05, 0.1) is 6.07 Å². The van der Waals surface area contributed by atoms with Crippen molar-refractivity contribution in [2.24, 2.45) is 0 Å². The summed E-state index contributed by atoms with van der Waals surface area (Å²) in [4.78, 5) is 0. The number of hydrogen-bond acceptors (Lipinski definition) is 2. The molecule has 90 valence electrons. The molecule has 16 heavy (non-hydrogen) atoms. The molecule has 1 aromatic carbocycles. The molecule has 1 rings (SSSR count). The molecule has 2 nitrogen and oxygen atoms in total. The normalized spacial score (nSPS) is 6.06. The molecule has 0 saturated heterocycles. The summed E-state index contributed by atoms with van der Waals surface area (Å²) in [7, 11) is 1.00. The maximum atomic E-state index is 7.91. The minimum Gasteiger partial charge on any atom is -0.400 e. The zero-order valence-corrected chi connectivity index (χ0v) is 10.9. The third-order valence-corrected chi connectivity index (χ3v) is 1.02. The van der Waals surface area contributed by atoms with Gasteiger partial charge in [0.15, 0.2) is 0 Å². The van der Waals surface area contributed by atoms with E-state index in [1.807, 2.05) is 70.2 Å². The van der Waals surface area contributed by atoms with E-state index in [0.29, 0.717) is 0 Å². The van der Waals surface area contributed by atoms with Gasteiger partial charge in [0.2, 0.25) is 0 Å². The van der Waals surface area contributed by atoms with Crippen LogP contribution in [-0.2, 0) is 0 Å². The molecule has 0 saturated carbocycles. The summed E-state index contributed by atoms with van der Waals surface area (Å²) in [5.41, 5.74) is 1.05. The molecule has 0 radical (unpaired) electrons. The number of nitriles is 1. The molecular weight excluding hydrogens is 198 g/mol. The first-order valence-electron chi connectivity index (χ1n) is 5.25. The van der Waals surface area contributed by atoms with Crippen molar-refractivity contribution in [2.45, 2.75) is 27.7 Å². The van der Waals surface area contributed by atoms with Crippen LogP contribution < -0.4 is 0 Å². The van der Waals surface area contributed by atoms with Gasteiger partial charge in [-0.05, 0) is 13.8 Å². The Morgan fingerprint density at radius 2 is 1.19 bits per heavy atom. The Hall–Kier alpha value is -1.59. The number of aliphatic hydroxyl groups excluding tert-OH is 1. The van der Waals surface area contributed by atoms with E-state index in [2.05, 4.69) is 0 Å². The highest BCUT2D eigenvalue weighted by Crippen LogP contribution is 1.82. The molecule has 1 aromatic rings. The summed E-state index contributed by atoms with van der Waals surface area (Å²) in [6, 6.07) is 13.9. The van der Waals surface area contributed by atoms with Crippen LogP contribution in [0.3, 0.4) is 0 Å². The highest BCUT2D eigenvalue weighted by molar-refractivity contribution is 5.08. The van der Waals surface area contributed by atoms with E-state index in [4.69, 9.17) is 10.4 Å². The van der Waals surface area contributed by atoms with Gasteiger partial charge in [0.1, 0.15) is 0 Å². The van der Waals surface area contributed by atoms with E-state index in [9.17, 15) is 0 Å². The van der Waals surface area contributed by atoms with Gasteiger partial charge in [0, 0.05) is 13.2 Å².